The topological polar surface area (TPSA) is 455 Å². The maximum atomic E-state index is 14.6. The highest BCUT2D eigenvalue weighted by Gasteiger charge is 2.33. The molecule has 0 aromatic heterocycles. The Bertz CT molecular complexity index is 2560. The minimum absolute atomic E-state index is 0.0148. The summed E-state index contributed by atoms with van der Waals surface area (Å²) < 4.78 is 21.2. The molecule has 15 N–H and O–H groups in total. The van der Waals surface area contributed by atoms with Crippen LogP contribution in [0.3, 0.4) is 0 Å². The second kappa shape index (κ2) is 53.6. The Morgan fingerprint density at radius 3 is 1.19 bits per heavy atom. The van der Waals surface area contributed by atoms with Crippen molar-refractivity contribution in [1.29, 1.82) is 0 Å². The van der Waals surface area contributed by atoms with Gasteiger partial charge in [0.1, 0.15) is 12.1 Å². The van der Waals surface area contributed by atoms with Gasteiger partial charge in [0.15, 0.2) is 5.96 Å². The summed E-state index contributed by atoms with van der Waals surface area (Å²) in [7, 11) is 5.56. The van der Waals surface area contributed by atoms with E-state index < -0.39 is 117 Å². The minimum atomic E-state index is -1.21. The van der Waals surface area contributed by atoms with E-state index in [4.69, 9.17) is 53.3 Å². The highest BCUT2D eigenvalue weighted by Crippen LogP contribution is 2.11. The number of carbonyl (C=O) groups excluding carboxylic acids is 11. The Morgan fingerprint density at radius 2 is 0.847 bits per heavy atom. The van der Waals surface area contributed by atoms with E-state index >= 15 is 0 Å². The number of aliphatic imine (C=N–C) groups is 1. The van der Waals surface area contributed by atoms with Gasteiger partial charge in [0, 0.05) is 93.9 Å². The van der Waals surface area contributed by atoms with Gasteiger partial charge in [-0.3, -0.25) is 57.7 Å². The number of primary amides is 1. The van der Waals surface area contributed by atoms with Crippen molar-refractivity contribution in [1.82, 2.24) is 55.1 Å². The van der Waals surface area contributed by atoms with Gasteiger partial charge in [-0.25, -0.2) is 0 Å². The SMILES string of the molecule is COCCN(CC(=O)N[C@@H](CCCN=C(N)N)C(=O)N[C@@H](CCSC)C(N)=O)C(=O)CN(CCOC)C(=O)CN(CCOC)C(=O)CN(CCOC)C(=O)CN(CCCCN)C(=O)CN(CCCCN)C(=O)CN(CCCCN)C(=O)CN(CC(C)C)C(=O)CNCc1ccccc1. The molecule has 34 heteroatoms. The number of hydrogen-bond acceptors (Lipinski definition) is 21. The van der Waals surface area contributed by atoms with Crippen molar-refractivity contribution in [3.8, 4) is 0 Å². The third kappa shape index (κ3) is 38.7. The average molecular weight is 1410 g/mol. The van der Waals surface area contributed by atoms with E-state index in [0.29, 0.717) is 63.9 Å². The van der Waals surface area contributed by atoms with E-state index in [1.807, 2.05) is 50.4 Å². The molecule has 0 aliphatic rings. The molecule has 0 spiro atoms. The molecule has 1 rings (SSSR count). The molecule has 0 saturated carbocycles. The third-order valence-corrected chi connectivity index (χ3v) is 15.9. The van der Waals surface area contributed by atoms with Crippen molar-refractivity contribution in [2.75, 3.05) is 204 Å². The normalized spacial score (nSPS) is 11.6. The molecule has 0 bridgehead atoms. The number of thioether (sulfide) groups is 1. The maximum Gasteiger partial charge on any atom is 0.243 e. The van der Waals surface area contributed by atoms with Gasteiger partial charge in [0.2, 0.25) is 65.0 Å². The predicted octanol–water partition coefficient (Wildman–Crippen LogP) is -3.88. The molecule has 0 aliphatic heterocycles. The summed E-state index contributed by atoms with van der Waals surface area (Å²) in [6.07, 6.45) is 5.09. The van der Waals surface area contributed by atoms with Crippen LogP contribution in [0.5, 0.6) is 0 Å². The van der Waals surface area contributed by atoms with E-state index in [-0.39, 0.29) is 142 Å². The maximum absolute atomic E-state index is 14.6. The zero-order valence-corrected chi connectivity index (χ0v) is 59.9. The average Bonchev–Trinajstić information content (AvgIpc) is 0.893. The van der Waals surface area contributed by atoms with Crippen molar-refractivity contribution < 1.29 is 71.7 Å². The molecule has 11 amide bonds. The quantitative estimate of drug-likeness (QED) is 0.0171. The fraction of sp³-hybridized carbons (Fsp3) is 0.719. The molecular weight excluding hydrogens is 1290 g/mol. The highest BCUT2D eigenvalue weighted by molar-refractivity contribution is 7.98. The second-order valence-electron chi connectivity index (χ2n) is 23.7. The van der Waals surface area contributed by atoms with Crippen LogP contribution in [0.15, 0.2) is 35.3 Å². The predicted molar refractivity (Wildman–Crippen MR) is 374 cm³/mol. The fourth-order valence-corrected chi connectivity index (χ4v) is 10.2. The number of nitrogens with two attached hydrogens (primary N) is 6. The lowest BCUT2D eigenvalue weighted by atomic mass is 10.1. The number of amides is 11. The number of hydrogen-bond donors (Lipinski definition) is 9. The zero-order valence-electron chi connectivity index (χ0n) is 59.1. The lowest BCUT2D eigenvalue weighted by Gasteiger charge is -2.33. The molecule has 0 unspecified atom stereocenters. The van der Waals surface area contributed by atoms with Crippen LogP contribution in [0.25, 0.3) is 0 Å². The lowest BCUT2D eigenvalue weighted by molar-refractivity contribution is -0.149. The van der Waals surface area contributed by atoms with Crippen molar-refractivity contribution in [3.05, 3.63) is 35.9 Å². The van der Waals surface area contributed by atoms with Gasteiger partial charge in [-0.1, -0.05) is 44.2 Å². The van der Waals surface area contributed by atoms with E-state index in [9.17, 15) is 52.7 Å². The molecule has 558 valence electrons. The monoisotopic (exact) mass is 1410 g/mol. The van der Waals surface area contributed by atoms with Crippen LogP contribution in [0.1, 0.15) is 77.2 Å². The van der Waals surface area contributed by atoms with Crippen LogP contribution < -0.4 is 50.4 Å². The molecule has 0 saturated heterocycles. The summed E-state index contributed by atoms with van der Waals surface area (Å²) in [5.74, 6) is -6.63. The Labute approximate surface area is 583 Å². The first-order chi connectivity index (χ1) is 46.9. The Morgan fingerprint density at radius 1 is 0.469 bits per heavy atom. The first kappa shape index (κ1) is 88.7. The number of unbranched alkanes of at least 4 members (excludes halogenated alkanes) is 3. The number of nitrogens with one attached hydrogen (secondary N) is 3. The highest BCUT2D eigenvalue weighted by atomic mass is 32.2. The smallest absolute Gasteiger partial charge is 0.243 e. The third-order valence-electron chi connectivity index (χ3n) is 15.2. The van der Waals surface area contributed by atoms with E-state index in [0.717, 1.165) is 20.3 Å². The molecule has 0 fully saturated rings. The molecule has 0 heterocycles. The number of nitrogens with zero attached hydrogens (tertiary/aromatic N) is 9. The number of methoxy groups -OCH3 is 4. The second-order valence-corrected chi connectivity index (χ2v) is 24.7. The van der Waals surface area contributed by atoms with Crippen molar-refractivity contribution in [3.63, 3.8) is 0 Å². The zero-order chi connectivity index (χ0) is 73.2. The molecule has 0 radical (unpaired) electrons. The Balaban J connectivity index is 3.56. The van der Waals surface area contributed by atoms with Gasteiger partial charge in [0.05, 0.1) is 85.3 Å². The number of carbonyl (C=O) groups is 11. The summed E-state index contributed by atoms with van der Waals surface area (Å²) in [4.78, 5) is 169. The van der Waals surface area contributed by atoms with E-state index in [2.05, 4.69) is 20.9 Å². The van der Waals surface area contributed by atoms with Crippen LogP contribution in [0.4, 0.5) is 0 Å². The van der Waals surface area contributed by atoms with Crippen LogP contribution in [0, 0.1) is 5.92 Å². The van der Waals surface area contributed by atoms with Crippen molar-refractivity contribution in [2.24, 2.45) is 45.3 Å². The number of ether oxygens (including phenoxy) is 4. The summed E-state index contributed by atoms with van der Waals surface area (Å²) in [5.41, 5.74) is 35.1. The summed E-state index contributed by atoms with van der Waals surface area (Å²) in [6, 6.07) is 7.32. The first-order valence-corrected chi connectivity index (χ1v) is 34.8. The summed E-state index contributed by atoms with van der Waals surface area (Å²) in [5, 5.41) is 8.40. The van der Waals surface area contributed by atoms with Gasteiger partial charge in [-0.15, -0.1) is 0 Å². The lowest BCUT2D eigenvalue weighted by Crippen LogP contribution is -2.55. The van der Waals surface area contributed by atoms with Crippen molar-refractivity contribution in [2.45, 2.75) is 90.3 Å². The first-order valence-electron chi connectivity index (χ1n) is 33.4. The molecule has 2 atom stereocenters. The van der Waals surface area contributed by atoms with Gasteiger partial charge in [-0.05, 0) is 101 Å². The van der Waals surface area contributed by atoms with Gasteiger partial charge in [-0.2, -0.15) is 11.8 Å². The van der Waals surface area contributed by atoms with Crippen LogP contribution >= 0.6 is 11.8 Å². The van der Waals surface area contributed by atoms with Crippen molar-refractivity contribution >= 4 is 82.7 Å². The van der Waals surface area contributed by atoms with E-state index in [1.54, 1.807) is 0 Å². The molecule has 33 nitrogen and oxygen atoms in total. The minimum Gasteiger partial charge on any atom is -0.383 e. The van der Waals surface area contributed by atoms with Crippen LogP contribution in [-0.4, -0.2) is 327 Å². The van der Waals surface area contributed by atoms with Crippen LogP contribution in [-0.2, 0) is 78.2 Å². The molecule has 0 aliphatic carbocycles. The standard InChI is InChI=1S/C64H116N18O15S/c1-49(2)40-82(54(84)39-71-38-50-18-9-8-10-19-50)48-61(91)77(28-16-13-24-67)43-56(86)75(26-14-11-22-65)42-55(85)76(27-15-12-23-66)44-58(88)80(31-35-96-5)46-60(90)81(32-36-97-6)47-59(89)79(30-34-95-4)45-57(87)78(29-33-94-3)41-53(83)73-52(20-17-25-72-64(69)70)63(93)74-51(62(68)92)21-37-98-7/h8-10,18-19,49,51-52,71H,11-17,20-48,65-67H2,1-7H3,(H2,68,92)(H,73,83)(H,74,93)(H4,69,70,72)/t51-,52-/m0/s1. The fourth-order valence-electron chi connectivity index (χ4n) is 9.73. The number of benzene rings is 1. The molecule has 98 heavy (non-hydrogen) atoms. The van der Waals surface area contributed by atoms with Crippen LogP contribution in [0.2, 0.25) is 0 Å². The molecule has 1 aromatic carbocycles. The van der Waals surface area contributed by atoms with Gasteiger partial charge < -0.3 is 108 Å². The summed E-state index contributed by atoms with van der Waals surface area (Å²) in [6.45, 7) is 0.967. The van der Waals surface area contributed by atoms with Gasteiger partial charge in [0.25, 0.3) is 0 Å². The number of rotatable bonds is 57. The number of guanidine groups is 1. The molecular formula is C64H116N18O15S. The van der Waals surface area contributed by atoms with Gasteiger partial charge >= 0.3 is 0 Å². The molecule has 1 aromatic rings. The Hall–Kier alpha value is -7.31. The summed E-state index contributed by atoms with van der Waals surface area (Å²) >= 11 is 1.44. The largest absolute Gasteiger partial charge is 0.383 e. The Kier molecular flexibility index (Phi) is 48.5. The van der Waals surface area contributed by atoms with E-state index in [1.165, 1.54) is 64.7 Å².